The topological polar surface area (TPSA) is 3.88 Å². The summed E-state index contributed by atoms with van der Waals surface area (Å²) in [6.45, 7) is 2.18. The van der Waals surface area contributed by atoms with Crippen molar-refractivity contribution in [1.82, 2.24) is 0 Å². The van der Waals surface area contributed by atoms with E-state index < -0.39 is 0 Å². The third kappa shape index (κ3) is 1.90. The average molecular weight is 284 g/mol. The van der Waals surface area contributed by atoms with E-state index in [9.17, 15) is 0 Å². The Labute approximate surface area is 130 Å². The first kappa shape index (κ1) is 13.0. The molecule has 1 heteroatoms. The standard InChI is InChI=1S/C21H18N/c1-15-7-3-5-9-17(15)21-20-12-11-16-8-4-6-10-18(16)19(20)13-14-22(21)2/h3-14H,1-2H3/q+1. The molecule has 0 aliphatic heterocycles. The van der Waals surface area contributed by atoms with Crippen molar-refractivity contribution in [2.24, 2.45) is 7.05 Å². The third-order valence-corrected chi connectivity index (χ3v) is 4.44. The van der Waals surface area contributed by atoms with Crippen LogP contribution in [0.15, 0.2) is 72.9 Å². The molecule has 1 nitrogen and oxygen atoms in total. The van der Waals surface area contributed by atoms with Crippen molar-refractivity contribution in [3.63, 3.8) is 0 Å². The Bertz CT molecular complexity index is 999. The zero-order chi connectivity index (χ0) is 15.1. The second kappa shape index (κ2) is 4.96. The van der Waals surface area contributed by atoms with Crippen molar-refractivity contribution in [2.75, 3.05) is 0 Å². The van der Waals surface area contributed by atoms with Crippen LogP contribution in [0.25, 0.3) is 32.8 Å². The number of rotatable bonds is 1. The Hall–Kier alpha value is -2.67. The van der Waals surface area contributed by atoms with Crippen molar-refractivity contribution in [3.05, 3.63) is 78.5 Å². The number of pyridine rings is 1. The normalized spacial score (nSPS) is 11.2. The van der Waals surface area contributed by atoms with Crippen LogP contribution in [0.3, 0.4) is 0 Å². The highest BCUT2D eigenvalue weighted by molar-refractivity contribution is 6.10. The van der Waals surface area contributed by atoms with E-state index in [4.69, 9.17) is 0 Å². The van der Waals surface area contributed by atoms with Gasteiger partial charge in [0, 0.05) is 17.0 Å². The maximum atomic E-state index is 2.25. The van der Waals surface area contributed by atoms with E-state index in [2.05, 4.69) is 91.5 Å². The first-order valence-electron chi connectivity index (χ1n) is 7.62. The Balaban J connectivity index is 2.17. The predicted molar refractivity (Wildman–Crippen MR) is 92.8 cm³/mol. The van der Waals surface area contributed by atoms with E-state index in [0.717, 1.165) is 0 Å². The molecule has 0 atom stereocenters. The Morgan fingerprint density at radius 2 is 1.45 bits per heavy atom. The fraction of sp³-hybridized carbons (Fsp3) is 0.0952. The van der Waals surface area contributed by atoms with Gasteiger partial charge in [0.1, 0.15) is 7.05 Å². The Morgan fingerprint density at radius 1 is 0.682 bits per heavy atom. The lowest BCUT2D eigenvalue weighted by Gasteiger charge is -2.09. The number of aromatic nitrogens is 1. The summed E-state index contributed by atoms with van der Waals surface area (Å²) in [5.74, 6) is 0. The van der Waals surface area contributed by atoms with Gasteiger partial charge in [0.05, 0.1) is 5.39 Å². The van der Waals surface area contributed by atoms with Gasteiger partial charge >= 0.3 is 0 Å². The molecule has 0 spiro atoms. The van der Waals surface area contributed by atoms with Crippen LogP contribution in [0.4, 0.5) is 0 Å². The molecule has 0 saturated carbocycles. The van der Waals surface area contributed by atoms with Crippen molar-refractivity contribution in [2.45, 2.75) is 6.92 Å². The van der Waals surface area contributed by atoms with E-state index >= 15 is 0 Å². The van der Waals surface area contributed by atoms with Gasteiger partial charge in [-0.3, -0.25) is 0 Å². The van der Waals surface area contributed by atoms with Crippen molar-refractivity contribution in [3.8, 4) is 11.3 Å². The minimum Gasteiger partial charge on any atom is -0.200 e. The summed E-state index contributed by atoms with van der Waals surface area (Å²) in [6.07, 6.45) is 2.16. The van der Waals surface area contributed by atoms with Crippen LogP contribution in [0.1, 0.15) is 5.56 Å². The molecule has 0 N–H and O–H groups in total. The van der Waals surface area contributed by atoms with Gasteiger partial charge in [0.2, 0.25) is 5.69 Å². The summed E-state index contributed by atoms with van der Waals surface area (Å²) in [6, 6.07) is 23.9. The van der Waals surface area contributed by atoms with E-state index in [-0.39, 0.29) is 0 Å². The zero-order valence-electron chi connectivity index (χ0n) is 12.9. The molecule has 0 aliphatic carbocycles. The highest BCUT2D eigenvalue weighted by Crippen LogP contribution is 2.31. The Morgan fingerprint density at radius 3 is 2.32 bits per heavy atom. The minimum absolute atomic E-state index is 1.28. The smallest absolute Gasteiger partial charge is 0.200 e. The molecule has 0 radical (unpaired) electrons. The van der Waals surface area contributed by atoms with Crippen molar-refractivity contribution >= 4 is 21.5 Å². The molecule has 0 bridgehead atoms. The second-order valence-electron chi connectivity index (χ2n) is 5.84. The lowest BCUT2D eigenvalue weighted by molar-refractivity contribution is -0.659. The molecule has 0 unspecified atom stereocenters. The van der Waals surface area contributed by atoms with Gasteiger partial charge in [0.25, 0.3) is 0 Å². The van der Waals surface area contributed by atoms with Crippen LogP contribution in [0.5, 0.6) is 0 Å². The summed E-state index contributed by atoms with van der Waals surface area (Å²) in [5.41, 5.74) is 3.88. The van der Waals surface area contributed by atoms with Gasteiger partial charge in [-0.2, -0.15) is 0 Å². The van der Waals surface area contributed by atoms with Crippen LogP contribution >= 0.6 is 0 Å². The molecule has 1 heterocycles. The average Bonchev–Trinajstić information content (AvgIpc) is 2.55. The summed E-state index contributed by atoms with van der Waals surface area (Å²) in [5, 5.41) is 5.22. The molecule has 0 fully saturated rings. The summed E-state index contributed by atoms with van der Waals surface area (Å²) >= 11 is 0. The number of nitrogens with zero attached hydrogens (tertiary/aromatic N) is 1. The van der Waals surface area contributed by atoms with E-state index in [1.54, 1.807) is 0 Å². The van der Waals surface area contributed by atoms with E-state index in [1.807, 2.05) is 0 Å². The van der Waals surface area contributed by atoms with Crippen LogP contribution in [-0.2, 0) is 7.05 Å². The molecule has 1 aromatic heterocycles. The van der Waals surface area contributed by atoms with Gasteiger partial charge in [-0.25, -0.2) is 4.57 Å². The highest BCUT2D eigenvalue weighted by atomic mass is 14.9. The number of hydrogen-bond donors (Lipinski definition) is 0. The molecule has 0 saturated heterocycles. The van der Waals surface area contributed by atoms with Crippen molar-refractivity contribution < 1.29 is 4.57 Å². The van der Waals surface area contributed by atoms with Crippen LogP contribution in [-0.4, -0.2) is 0 Å². The van der Waals surface area contributed by atoms with Gasteiger partial charge in [0.15, 0.2) is 6.20 Å². The highest BCUT2D eigenvalue weighted by Gasteiger charge is 2.17. The summed E-state index contributed by atoms with van der Waals surface area (Å²) in [7, 11) is 2.12. The van der Waals surface area contributed by atoms with Gasteiger partial charge in [-0.1, -0.05) is 48.5 Å². The number of hydrogen-bond acceptors (Lipinski definition) is 0. The molecular weight excluding hydrogens is 266 g/mol. The SMILES string of the molecule is Cc1ccccc1-c1c2ccc3ccccc3c2cc[n+]1C. The monoisotopic (exact) mass is 284 g/mol. The van der Waals surface area contributed by atoms with Gasteiger partial charge < -0.3 is 0 Å². The molecule has 22 heavy (non-hydrogen) atoms. The molecule has 106 valence electrons. The fourth-order valence-corrected chi connectivity index (χ4v) is 3.31. The maximum absolute atomic E-state index is 2.25. The minimum atomic E-state index is 1.28. The molecular formula is C21H18N+. The summed E-state index contributed by atoms with van der Waals surface area (Å²) in [4.78, 5) is 0. The first-order chi connectivity index (χ1) is 10.8. The van der Waals surface area contributed by atoms with Crippen LogP contribution in [0.2, 0.25) is 0 Å². The number of aryl methyl sites for hydroxylation is 2. The Kier molecular flexibility index (Phi) is 2.93. The predicted octanol–water partition coefficient (Wildman–Crippen LogP) is 4.79. The largest absolute Gasteiger partial charge is 0.220 e. The van der Waals surface area contributed by atoms with Gasteiger partial charge in [-0.05, 0) is 35.4 Å². The van der Waals surface area contributed by atoms with Crippen LogP contribution < -0.4 is 4.57 Å². The lowest BCUT2D eigenvalue weighted by Crippen LogP contribution is -2.30. The molecule has 3 aromatic carbocycles. The maximum Gasteiger partial charge on any atom is 0.220 e. The molecule has 0 amide bonds. The van der Waals surface area contributed by atoms with Crippen molar-refractivity contribution in [1.29, 1.82) is 0 Å². The number of fused-ring (bicyclic) bond motifs is 3. The zero-order valence-corrected chi connectivity index (χ0v) is 12.9. The molecule has 4 aromatic rings. The number of benzene rings is 3. The van der Waals surface area contributed by atoms with E-state index in [0.29, 0.717) is 0 Å². The fourth-order valence-electron chi connectivity index (χ4n) is 3.31. The van der Waals surface area contributed by atoms with Gasteiger partial charge in [-0.15, -0.1) is 0 Å². The van der Waals surface area contributed by atoms with E-state index in [1.165, 1.54) is 38.4 Å². The third-order valence-electron chi connectivity index (χ3n) is 4.44. The van der Waals surface area contributed by atoms with Crippen LogP contribution in [0, 0.1) is 6.92 Å². The second-order valence-corrected chi connectivity index (χ2v) is 5.84. The molecule has 4 rings (SSSR count). The lowest BCUT2D eigenvalue weighted by atomic mass is 9.96. The molecule has 0 aliphatic rings. The quantitative estimate of drug-likeness (QED) is 0.349. The first-order valence-corrected chi connectivity index (χ1v) is 7.62. The summed E-state index contributed by atoms with van der Waals surface area (Å²) < 4.78 is 2.22.